The molecule has 0 saturated heterocycles. The zero-order valence-electron chi connectivity index (χ0n) is 10.4. The highest BCUT2D eigenvalue weighted by molar-refractivity contribution is 5.99. The zero-order valence-corrected chi connectivity index (χ0v) is 10.4. The van der Waals surface area contributed by atoms with Crippen LogP contribution in [0.15, 0.2) is 48.5 Å². The number of Topliss-reactive ketones (excluding diaryl/α,β-unsaturated/α-hetero) is 1. The van der Waals surface area contributed by atoms with E-state index in [-0.39, 0.29) is 17.9 Å². The Morgan fingerprint density at radius 1 is 1.11 bits per heavy atom. The Balaban J connectivity index is 2.13. The number of benzene rings is 2. The number of carbonyl (C=O) groups is 1. The number of para-hydroxylation sites is 1. The molecule has 0 unspecified atom stereocenters. The molecule has 0 bridgehead atoms. The van der Waals surface area contributed by atoms with Crippen molar-refractivity contribution in [2.24, 2.45) is 0 Å². The molecule has 0 amide bonds. The number of likely N-dealkylation sites (N-methyl/N-ethyl adjacent to an activating group) is 1. The minimum Gasteiger partial charge on any atom is -0.367 e. The average molecular weight is 261 g/mol. The van der Waals surface area contributed by atoms with Gasteiger partial charge in [0.05, 0.1) is 12.1 Å². The van der Waals surface area contributed by atoms with E-state index in [0.29, 0.717) is 0 Å². The molecule has 19 heavy (non-hydrogen) atoms. The normalized spacial score (nSPS) is 10.3. The van der Waals surface area contributed by atoms with E-state index in [0.717, 1.165) is 17.8 Å². The summed E-state index contributed by atoms with van der Waals surface area (Å²) in [7, 11) is 1.74. The highest BCUT2D eigenvalue weighted by Crippen LogP contribution is 2.14. The second kappa shape index (κ2) is 5.61. The highest BCUT2D eigenvalue weighted by Gasteiger charge is 2.14. The van der Waals surface area contributed by atoms with Gasteiger partial charge in [0, 0.05) is 18.8 Å². The number of anilines is 1. The van der Waals surface area contributed by atoms with E-state index in [9.17, 15) is 13.6 Å². The van der Waals surface area contributed by atoms with Crippen LogP contribution in [0.1, 0.15) is 10.4 Å². The SMILES string of the molecule is CN(CC(=O)c1ccc(F)cc1F)c1ccccc1. The van der Waals surface area contributed by atoms with Gasteiger partial charge in [-0.05, 0) is 24.3 Å². The van der Waals surface area contributed by atoms with Crippen molar-refractivity contribution in [3.05, 3.63) is 65.7 Å². The highest BCUT2D eigenvalue weighted by atomic mass is 19.1. The van der Waals surface area contributed by atoms with Crippen molar-refractivity contribution in [1.29, 1.82) is 0 Å². The molecule has 0 atom stereocenters. The number of halogens is 2. The van der Waals surface area contributed by atoms with Gasteiger partial charge in [0.1, 0.15) is 11.6 Å². The van der Waals surface area contributed by atoms with Crippen LogP contribution in [0.2, 0.25) is 0 Å². The molecular weight excluding hydrogens is 248 g/mol. The zero-order chi connectivity index (χ0) is 13.8. The van der Waals surface area contributed by atoms with Crippen molar-refractivity contribution < 1.29 is 13.6 Å². The fraction of sp³-hybridized carbons (Fsp3) is 0.133. The van der Waals surface area contributed by atoms with Crippen LogP contribution in [0.3, 0.4) is 0 Å². The first-order valence-corrected chi connectivity index (χ1v) is 5.82. The van der Waals surface area contributed by atoms with Gasteiger partial charge in [0.25, 0.3) is 0 Å². The summed E-state index contributed by atoms with van der Waals surface area (Å²) >= 11 is 0. The molecular formula is C15H13F2NO. The number of nitrogens with zero attached hydrogens (tertiary/aromatic N) is 1. The Bertz CT molecular complexity index is 584. The summed E-state index contributed by atoms with van der Waals surface area (Å²) in [6.45, 7) is 0.0343. The van der Waals surface area contributed by atoms with Gasteiger partial charge in [0.15, 0.2) is 5.78 Å². The van der Waals surface area contributed by atoms with E-state index in [2.05, 4.69) is 0 Å². The third-order valence-corrected chi connectivity index (χ3v) is 2.81. The molecule has 0 spiro atoms. The lowest BCUT2D eigenvalue weighted by Gasteiger charge is -2.18. The van der Waals surface area contributed by atoms with Crippen molar-refractivity contribution in [2.45, 2.75) is 0 Å². The van der Waals surface area contributed by atoms with Crippen LogP contribution in [-0.4, -0.2) is 19.4 Å². The van der Waals surface area contributed by atoms with Crippen molar-refractivity contribution in [3.63, 3.8) is 0 Å². The maximum atomic E-state index is 13.5. The molecule has 0 aliphatic carbocycles. The molecule has 2 aromatic rings. The number of carbonyl (C=O) groups excluding carboxylic acids is 1. The average Bonchev–Trinajstić information content (AvgIpc) is 2.39. The maximum absolute atomic E-state index is 13.5. The third-order valence-electron chi connectivity index (χ3n) is 2.81. The Morgan fingerprint density at radius 2 is 1.79 bits per heavy atom. The summed E-state index contributed by atoms with van der Waals surface area (Å²) in [6, 6.07) is 12.3. The first-order chi connectivity index (χ1) is 9.08. The van der Waals surface area contributed by atoms with Crippen LogP contribution in [0.4, 0.5) is 14.5 Å². The molecule has 0 heterocycles. The van der Waals surface area contributed by atoms with Crippen LogP contribution in [0.25, 0.3) is 0 Å². The summed E-state index contributed by atoms with van der Waals surface area (Å²) in [4.78, 5) is 13.7. The van der Waals surface area contributed by atoms with Crippen LogP contribution < -0.4 is 4.90 Å². The molecule has 0 saturated carbocycles. The minimum atomic E-state index is -0.827. The molecule has 0 fully saturated rings. The summed E-state index contributed by atoms with van der Waals surface area (Å²) < 4.78 is 26.3. The lowest BCUT2D eigenvalue weighted by Crippen LogP contribution is -2.26. The predicted octanol–water partition coefficient (Wildman–Crippen LogP) is 3.28. The number of hydrogen-bond acceptors (Lipinski definition) is 2. The Kier molecular flexibility index (Phi) is 3.90. The molecule has 2 nitrogen and oxygen atoms in total. The minimum absolute atomic E-state index is 0.0343. The standard InChI is InChI=1S/C15H13F2NO/c1-18(12-5-3-2-4-6-12)10-15(19)13-8-7-11(16)9-14(13)17/h2-9H,10H2,1H3. The van der Waals surface area contributed by atoms with Gasteiger partial charge in [-0.15, -0.1) is 0 Å². The lowest BCUT2D eigenvalue weighted by molar-refractivity contribution is 0.0996. The topological polar surface area (TPSA) is 20.3 Å². The van der Waals surface area contributed by atoms with E-state index in [4.69, 9.17) is 0 Å². The number of ketones is 1. The van der Waals surface area contributed by atoms with Gasteiger partial charge in [-0.25, -0.2) is 8.78 Å². The van der Waals surface area contributed by atoms with Gasteiger partial charge in [0.2, 0.25) is 0 Å². The van der Waals surface area contributed by atoms with Gasteiger partial charge in [-0.3, -0.25) is 4.79 Å². The fourth-order valence-electron chi connectivity index (χ4n) is 1.79. The molecule has 0 N–H and O–H groups in total. The summed E-state index contributed by atoms with van der Waals surface area (Å²) in [5.41, 5.74) is 0.766. The van der Waals surface area contributed by atoms with Crippen LogP contribution in [-0.2, 0) is 0 Å². The number of hydrogen-bond donors (Lipinski definition) is 0. The van der Waals surface area contributed by atoms with Crippen LogP contribution in [0, 0.1) is 11.6 Å². The second-order valence-electron chi connectivity index (χ2n) is 4.24. The van der Waals surface area contributed by atoms with Gasteiger partial charge < -0.3 is 4.90 Å². The lowest BCUT2D eigenvalue weighted by atomic mass is 10.1. The molecule has 0 aromatic heterocycles. The number of rotatable bonds is 4. The van der Waals surface area contributed by atoms with Gasteiger partial charge >= 0.3 is 0 Å². The summed E-state index contributed by atoms with van der Waals surface area (Å²) in [6.07, 6.45) is 0. The molecule has 2 aromatic carbocycles. The monoisotopic (exact) mass is 261 g/mol. The third kappa shape index (κ3) is 3.16. The van der Waals surface area contributed by atoms with Crippen molar-refractivity contribution >= 4 is 11.5 Å². The quantitative estimate of drug-likeness (QED) is 0.787. The van der Waals surface area contributed by atoms with Crippen molar-refractivity contribution in [1.82, 2.24) is 0 Å². The van der Waals surface area contributed by atoms with Gasteiger partial charge in [-0.1, -0.05) is 18.2 Å². The largest absolute Gasteiger partial charge is 0.367 e. The van der Waals surface area contributed by atoms with E-state index in [1.54, 1.807) is 11.9 Å². The Labute approximate surface area is 110 Å². The molecule has 98 valence electrons. The molecule has 0 aliphatic heterocycles. The van der Waals surface area contributed by atoms with Crippen molar-refractivity contribution in [3.8, 4) is 0 Å². The van der Waals surface area contributed by atoms with Crippen LogP contribution >= 0.6 is 0 Å². The predicted molar refractivity (Wildman–Crippen MR) is 70.4 cm³/mol. The first-order valence-electron chi connectivity index (χ1n) is 5.82. The van der Waals surface area contributed by atoms with E-state index >= 15 is 0 Å². The second-order valence-corrected chi connectivity index (χ2v) is 4.24. The Morgan fingerprint density at radius 3 is 2.42 bits per heavy atom. The van der Waals surface area contributed by atoms with E-state index in [1.165, 1.54) is 6.07 Å². The van der Waals surface area contributed by atoms with Gasteiger partial charge in [-0.2, -0.15) is 0 Å². The van der Waals surface area contributed by atoms with E-state index in [1.807, 2.05) is 30.3 Å². The maximum Gasteiger partial charge on any atom is 0.185 e. The fourth-order valence-corrected chi connectivity index (χ4v) is 1.79. The first kappa shape index (κ1) is 13.2. The summed E-state index contributed by atoms with van der Waals surface area (Å²) in [5, 5.41) is 0. The smallest absolute Gasteiger partial charge is 0.185 e. The van der Waals surface area contributed by atoms with E-state index < -0.39 is 11.6 Å². The Hall–Kier alpha value is -2.23. The molecule has 4 heteroatoms. The molecule has 2 rings (SSSR count). The molecule has 0 aliphatic rings. The summed E-state index contributed by atoms with van der Waals surface area (Å²) in [5.74, 6) is -1.90. The van der Waals surface area contributed by atoms with Crippen LogP contribution in [0.5, 0.6) is 0 Å². The molecule has 0 radical (unpaired) electrons. The van der Waals surface area contributed by atoms with Crippen molar-refractivity contribution in [2.75, 3.05) is 18.5 Å².